The summed E-state index contributed by atoms with van der Waals surface area (Å²) in [7, 11) is -4.59. The first-order valence-electron chi connectivity index (χ1n) is 15.5. The quantitative estimate of drug-likeness (QED) is 0.189. The first-order valence-corrected chi connectivity index (χ1v) is 17.1. The molecule has 0 spiro atoms. The minimum atomic E-state index is -4.59. The number of rotatable bonds is 6. The minimum absolute atomic E-state index is 0.410. The molecule has 234 valence electrons. The molecule has 0 bridgehead atoms. The first-order chi connectivity index (χ1) is 22.2. The van der Waals surface area contributed by atoms with Crippen molar-refractivity contribution < 1.29 is 28.2 Å². The van der Waals surface area contributed by atoms with Crippen molar-refractivity contribution in [2.45, 2.75) is 55.8 Å². The third kappa shape index (κ3) is 5.07. The van der Waals surface area contributed by atoms with Crippen molar-refractivity contribution in [1.29, 1.82) is 0 Å². The summed E-state index contributed by atoms with van der Waals surface area (Å²) in [5, 5.41) is 12.2. The molecule has 0 amide bonds. The molecule has 0 saturated carbocycles. The van der Waals surface area contributed by atoms with Crippen LogP contribution in [-0.4, -0.2) is 23.1 Å². The van der Waals surface area contributed by atoms with Gasteiger partial charge in [0.15, 0.2) is 22.8 Å². The molecule has 5 aromatic rings. The lowest BCUT2D eigenvalue weighted by atomic mass is 9.72. The lowest BCUT2D eigenvalue weighted by Crippen LogP contribution is -2.53. The van der Waals surface area contributed by atoms with E-state index < -0.39 is 42.6 Å². The summed E-state index contributed by atoms with van der Waals surface area (Å²) in [6, 6.07) is 45.7. The molecule has 2 aliphatic rings. The maximum absolute atomic E-state index is 15.9. The second-order valence-corrected chi connectivity index (χ2v) is 14.4. The number of benzene rings is 5. The van der Waals surface area contributed by atoms with Gasteiger partial charge in [-0.15, -0.1) is 0 Å². The highest BCUT2D eigenvalue weighted by atomic mass is 31.2. The highest BCUT2D eigenvalue weighted by Crippen LogP contribution is 2.72. The summed E-state index contributed by atoms with van der Waals surface area (Å²) in [4.78, 5) is 0. The summed E-state index contributed by atoms with van der Waals surface area (Å²) in [6.45, 7) is 5.69. The van der Waals surface area contributed by atoms with Gasteiger partial charge in [-0.05, 0) is 48.6 Å². The van der Waals surface area contributed by atoms with Gasteiger partial charge in [0.1, 0.15) is 12.2 Å². The van der Waals surface area contributed by atoms with Gasteiger partial charge in [-0.25, -0.2) is 0 Å². The Morgan fingerprint density at radius 3 is 1.22 bits per heavy atom. The van der Waals surface area contributed by atoms with Crippen molar-refractivity contribution >= 4 is 7.60 Å². The van der Waals surface area contributed by atoms with E-state index in [-0.39, 0.29) is 0 Å². The van der Waals surface area contributed by atoms with Gasteiger partial charge in [0.05, 0.1) is 0 Å². The molecule has 46 heavy (non-hydrogen) atoms. The van der Waals surface area contributed by atoms with Crippen molar-refractivity contribution in [3.05, 3.63) is 179 Å². The van der Waals surface area contributed by atoms with Gasteiger partial charge in [0.25, 0.3) is 0 Å². The van der Waals surface area contributed by atoms with Gasteiger partial charge >= 0.3 is 7.60 Å². The first kappa shape index (κ1) is 30.8. The number of aryl methyl sites for hydroxylation is 1. The number of aliphatic hydroxyl groups excluding tert-OH is 1. The molecule has 2 saturated heterocycles. The standard InChI is InChI=1S/C39H37O6P/c1-28-24-26-29(27-25-28)36(40)46(41)44-38(30-16-8-4-9-17-30,31-18-10-5-11-19-31)34-35(43-37(2,3)42-34)39(45-46,32-20-12-6-13-21-32)33-22-14-7-15-23-33/h4-27,34-36,40H,1-3H3/t34-,35-,36-/m1/s1. The Bertz CT molecular complexity index is 1640. The highest BCUT2D eigenvalue weighted by Gasteiger charge is 2.69. The molecule has 2 fully saturated rings. The molecule has 1 N–H and O–H groups in total. The lowest BCUT2D eigenvalue weighted by Gasteiger charge is -2.41. The van der Waals surface area contributed by atoms with E-state index in [1.165, 1.54) is 0 Å². The van der Waals surface area contributed by atoms with Crippen LogP contribution in [0.4, 0.5) is 0 Å². The molecule has 3 atom stereocenters. The largest absolute Gasteiger partial charge is 0.376 e. The Balaban J connectivity index is 1.61. The van der Waals surface area contributed by atoms with Crippen LogP contribution >= 0.6 is 7.60 Å². The number of hydrogen-bond donors (Lipinski definition) is 1. The normalized spacial score (nSPS) is 23.1. The van der Waals surface area contributed by atoms with Crippen LogP contribution in [0.25, 0.3) is 0 Å². The molecule has 5 aromatic carbocycles. The molecule has 0 aliphatic carbocycles. The van der Waals surface area contributed by atoms with Crippen LogP contribution in [0.3, 0.4) is 0 Å². The minimum Gasteiger partial charge on any atom is -0.376 e. The fourth-order valence-corrected chi connectivity index (χ4v) is 9.05. The summed E-state index contributed by atoms with van der Waals surface area (Å²) >= 11 is 0. The van der Waals surface area contributed by atoms with Crippen molar-refractivity contribution in [2.24, 2.45) is 0 Å². The fraction of sp³-hybridized carbons (Fsp3) is 0.231. The number of fused-ring (bicyclic) bond motifs is 1. The predicted molar refractivity (Wildman–Crippen MR) is 177 cm³/mol. The van der Waals surface area contributed by atoms with Gasteiger partial charge in [0, 0.05) is 0 Å². The predicted octanol–water partition coefficient (Wildman–Crippen LogP) is 8.63. The topological polar surface area (TPSA) is 74.2 Å². The van der Waals surface area contributed by atoms with Gasteiger partial charge in [-0.3, -0.25) is 13.6 Å². The van der Waals surface area contributed by atoms with E-state index in [0.717, 1.165) is 5.56 Å². The molecule has 0 radical (unpaired) electrons. The van der Waals surface area contributed by atoms with Crippen molar-refractivity contribution in [2.75, 3.05) is 0 Å². The highest BCUT2D eigenvalue weighted by molar-refractivity contribution is 7.54. The molecule has 0 aromatic heterocycles. The van der Waals surface area contributed by atoms with Crippen molar-refractivity contribution in [3.8, 4) is 0 Å². The fourth-order valence-electron chi connectivity index (χ4n) is 6.84. The monoisotopic (exact) mass is 632 g/mol. The van der Waals surface area contributed by atoms with E-state index in [4.69, 9.17) is 18.5 Å². The van der Waals surface area contributed by atoms with Crippen LogP contribution in [0.1, 0.15) is 53.1 Å². The van der Waals surface area contributed by atoms with Crippen molar-refractivity contribution in [1.82, 2.24) is 0 Å². The van der Waals surface area contributed by atoms with Crippen LogP contribution in [0.2, 0.25) is 0 Å². The third-order valence-electron chi connectivity index (χ3n) is 8.93. The molecule has 2 aliphatic heterocycles. The van der Waals surface area contributed by atoms with E-state index in [2.05, 4.69) is 0 Å². The summed E-state index contributed by atoms with van der Waals surface area (Å²) in [5.41, 5.74) is 1.10. The Hall–Kier alpha value is -3.87. The second kappa shape index (κ2) is 11.7. The van der Waals surface area contributed by atoms with Gasteiger partial charge in [-0.1, -0.05) is 151 Å². The maximum atomic E-state index is 15.9. The summed E-state index contributed by atoms with van der Waals surface area (Å²) in [6.07, 6.45) is -1.79. The molecule has 7 heteroatoms. The lowest BCUT2D eigenvalue weighted by molar-refractivity contribution is -0.176. The summed E-state index contributed by atoms with van der Waals surface area (Å²) in [5.74, 6) is -2.72. The van der Waals surface area contributed by atoms with Crippen LogP contribution in [0.5, 0.6) is 0 Å². The molecule has 6 nitrogen and oxygen atoms in total. The number of aliphatic hydroxyl groups is 1. The van der Waals surface area contributed by atoms with E-state index in [0.29, 0.717) is 27.8 Å². The molecule has 2 heterocycles. The molecule has 7 rings (SSSR count). The number of hydrogen-bond acceptors (Lipinski definition) is 6. The Morgan fingerprint density at radius 1 is 0.565 bits per heavy atom. The van der Waals surface area contributed by atoms with E-state index >= 15 is 4.57 Å². The van der Waals surface area contributed by atoms with Crippen LogP contribution in [-0.2, 0) is 34.3 Å². The zero-order chi connectivity index (χ0) is 32.0. The SMILES string of the molecule is Cc1ccc([C@H](O)P2(=O)OC(c3ccccc3)(c3ccccc3)[C@@H]3OC(C)(C)O[C@H]3C(c3ccccc3)(c3ccccc3)O2)cc1. The average molecular weight is 633 g/mol. The van der Waals surface area contributed by atoms with Crippen LogP contribution in [0.15, 0.2) is 146 Å². The van der Waals surface area contributed by atoms with E-state index in [9.17, 15) is 5.11 Å². The molecule has 0 unspecified atom stereocenters. The molecular weight excluding hydrogens is 595 g/mol. The Kier molecular flexibility index (Phi) is 7.85. The van der Waals surface area contributed by atoms with Crippen LogP contribution < -0.4 is 0 Å². The zero-order valence-corrected chi connectivity index (χ0v) is 26.9. The second-order valence-electron chi connectivity index (χ2n) is 12.4. The van der Waals surface area contributed by atoms with E-state index in [1.54, 1.807) is 12.1 Å². The molecular formula is C39H37O6P. The zero-order valence-electron chi connectivity index (χ0n) is 26.0. The maximum Gasteiger partial charge on any atom is 0.366 e. The van der Waals surface area contributed by atoms with Crippen LogP contribution in [0, 0.1) is 6.92 Å². The Labute approximate surface area is 270 Å². The third-order valence-corrected chi connectivity index (χ3v) is 10.9. The summed E-state index contributed by atoms with van der Waals surface area (Å²) < 4.78 is 44.0. The van der Waals surface area contributed by atoms with Gasteiger partial charge in [0.2, 0.25) is 0 Å². The Morgan fingerprint density at radius 2 is 0.891 bits per heavy atom. The van der Waals surface area contributed by atoms with E-state index in [1.807, 2.05) is 154 Å². The number of ether oxygens (including phenoxy) is 2. The van der Waals surface area contributed by atoms with Crippen molar-refractivity contribution in [3.63, 3.8) is 0 Å². The van der Waals surface area contributed by atoms with Gasteiger partial charge < -0.3 is 14.6 Å². The van der Waals surface area contributed by atoms with Gasteiger partial charge in [-0.2, -0.15) is 0 Å². The average Bonchev–Trinajstić information content (AvgIpc) is 3.39. The smallest absolute Gasteiger partial charge is 0.366 e.